The summed E-state index contributed by atoms with van der Waals surface area (Å²) in [5.41, 5.74) is 5.32. The fraction of sp³-hybridized carbons (Fsp3) is 0.417. The summed E-state index contributed by atoms with van der Waals surface area (Å²) in [5, 5.41) is 2.48. The Balaban J connectivity index is 2.53. The normalized spacial score (nSPS) is 11.3. The third kappa shape index (κ3) is 5.80. The molecule has 19 heavy (non-hydrogen) atoms. The molecule has 0 unspecified atom stereocenters. The van der Waals surface area contributed by atoms with E-state index in [2.05, 4.69) is 5.32 Å². The molecule has 5 nitrogen and oxygen atoms in total. The Morgan fingerprint density at radius 2 is 2.00 bits per heavy atom. The van der Waals surface area contributed by atoms with E-state index in [4.69, 9.17) is 5.73 Å². The molecule has 3 N–H and O–H groups in total. The van der Waals surface area contributed by atoms with E-state index in [9.17, 15) is 17.6 Å². The molecule has 0 aromatic heterocycles. The highest BCUT2D eigenvalue weighted by atomic mass is 32.2. The first-order chi connectivity index (χ1) is 8.94. The van der Waals surface area contributed by atoms with Crippen LogP contribution < -0.4 is 11.1 Å². The van der Waals surface area contributed by atoms with Gasteiger partial charge in [0.2, 0.25) is 5.91 Å². The number of carbonyl (C=O) groups is 1. The maximum absolute atomic E-state index is 13.3. The topological polar surface area (TPSA) is 89.3 Å². The smallest absolute Gasteiger partial charge is 0.221 e. The van der Waals surface area contributed by atoms with Gasteiger partial charge in [-0.2, -0.15) is 0 Å². The zero-order valence-corrected chi connectivity index (χ0v) is 11.2. The van der Waals surface area contributed by atoms with Crippen LogP contribution in [0.2, 0.25) is 0 Å². The Hall–Kier alpha value is -1.47. The summed E-state index contributed by atoms with van der Waals surface area (Å²) in [6, 6.07) is 5.69. The number of nitrogens with two attached hydrogens (primary N) is 1. The van der Waals surface area contributed by atoms with Gasteiger partial charge in [-0.25, -0.2) is 12.8 Å². The van der Waals surface area contributed by atoms with Crippen molar-refractivity contribution in [2.24, 2.45) is 5.73 Å². The monoisotopic (exact) mass is 288 g/mol. The molecule has 1 amide bonds. The van der Waals surface area contributed by atoms with E-state index in [1.54, 1.807) is 6.07 Å². The lowest BCUT2D eigenvalue weighted by molar-refractivity contribution is -0.120. The zero-order chi connectivity index (χ0) is 14.3. The molecule has 0 saturated carbocycles. The number of hydrogen-bond acceptors (Lipinski definition) is 4. The van der Waals surface area contributed by atoms with Gasteiger partial charge in [-0.15, -0.1) is 0 Å². The molecule has 0 heterocycles. The first kappa shape index (κ1) is 15.6. The SMILES string of the molecule is NCCNC(=O)CCS(=O)(=O)Cc1ccccc1F. The molecule has 0 atom stereocenters. The maximum atomic E-state index is 13.3. The van der Waals surface area contributed by atoms with Gasteiger partial charge in [0.15, 0.2) is 9.84 Å². The number of nitrogens with one attached hydrogen (secondary N) is 1. The Kier molecular flexibility index (Phi) is 5.91. The lowest BCUT2D eigenvalue weighted by atomic mass is 10.2. The summed E-state index contributed by atoms with van der Waals surface area (Å²) in [5.74, 6) is -1.64. The van der Waals surface area contributed by atoms with Crippen LogP contribution in [0.1, 0.15) is 12.0 Å². The van der Waals surface area contributed by atoms with Crippen molar-refractivity contribution in [3.8, 4) is 0 Å². The second-order valence-electron chi connectivity index (χ2n) is 4.07. The summed E-state index contributed by atoms with van der Waals surface area (Å²) in [6.45, 7) is 0.611. The molecule has 0 spiro atoms. The van der Waals surface area contributed by atoms with Gasteiger partial charge in [-0.1, -0.05) is 18.2 Å². The van der Waals surface area contributed by atoms with Crippen LogP contribution in [0.5, 0.6) is 0 Å². The molecule has 7 heteroatoms. The summed E-state index contributed by atoms with van der Waals surface area (Å²) < 4.78 is 36.8. The summed E-state index contributed by atoms with van der Waals surface area (Å²) in [4.78, 5) is 11.3. The molecule has 1 aromatic rings. The molecule has 0 bridgehead atoms. The van der Waals surface area contributed by atoms with Crippen LogP contribution in [-0.4, -0.2) is 33.2 Å². The van der Waals surface area contributed by atoms with Gasteiger partial charge < -0.3 is 11.1 Å². The van der Waals surface area contributed by atoms with Crippen molar-refractivity contribution in [1.82, 2.24) is 5.32 Å². The van der Waals surface area contributed by atoms with Gasteiger partial charge in [0.1, 0.15) is 5.82 Å². The predicted molar refractivity (Wildman–Crippen MR) is 70.6 cm³/mol. The Bertz CT molecular complexity index is 532. The van der Waals surface area contributed by atoms with Crippen molar-refractivity contribution in [2.45, 2.75) is 12.2 Å². The fourth-order valence-electron chi connectivity index (χ4n) is 1.47. The number of carbonyl (C=O) groups excluding carboxylic acids is 1. The van der Waals surface area contributed by atoms with Gasteiger partial charge >= 0.3 is 0 Å². The molecule has 0 aliphatic carbocycles. The summed E-state index contributed by atoms with van der Waals surface area (Å²) >= 11 is 0. The minimum Gasteiger partial charge on any atom is -0.355 e. The van der Waals surface area contributed by atoms with Crippen LogP contribution in [0.4, 0.5) is 4.39 Å². The minimum absolute atomic E-state index is 0.116. The average Bonchev–Trinajstić information content (AvgIpc) is 2.36. The molecule has 0 radical (unpaired) electrons. The molecule has 0 saturated heterocycles. The number of hydrogen-bond donors (Lipinski definition) is 2. The van der Waals surface area contributed by atoms with Gasteiger partial charge in [0.25, 0.3) is 0 Å². The first-order valence-corrected chi connectivity index (χ1v) is 7.67. The first-order valence-electron chi connectivity index (χ1n) is 5.85. The summed E-state index contributed by atoms with van der Waals surface area (Å²) in [7, 11) is -3.51. The van der Waals surface area contributed by atoms with Crippen molar-refractivity contribution >= 4 is 15.7 Å². The van der Waals surface area contributed by atoms with E-state index in [0.29, 0.717) is 13.1 Å². The molecule has 0 aliphatic rings. The zero-order valence-electron chi connectivity index (χ0n) is 10.4. The molecular formula is C12H17FN2O3S. The van der Waals surface area contributed by atoms with Crippen LogP contribution in [0.25, 0.3) is 0 Å². The van der Waals surface area contributed by atoms with Gasteiger partial charge in [0, 0.05) is 25.1 Å². The van der Waals surface area contributed by atoms with Crippen LogP contribution in [0, 0.1) is 5.82 Å². The van der Waals surface area contributed by atoms with E-state index in [0.717, 1.165) is 0 Å². The van der Waals surface area contributed by atoms with Gasteiger partial charge in [-0.05, 0) is 6.07 Å². The standard InChI is InChI=1S/C12H17FN2O3S/c13-11-4-2-1-3-10(11)9-19(17,18)8-5-12(16)15-7-6-14/h1-4H,5-9,14H2,(H,15,16). The molecular weight excluding hydrogens is 271 g/mol. The third-order valence-corrected chi connectivity index (χ3v) is 4.02. The molecule has 1 rings (SSSR count). The minimum atomic E-state index is -3.51. The van der Waals surface area contributed by atoms with Crippen LogP contribution in [-0.2, 0) is 20.4 Å². The van der Waals surface area contributed by atoms with Gasteiger partial charge in [0.05, 0.1) is 11.5 Å². The molecule has 1 aromatic carbocycles. The second-order valence-corrected chi connectivity index (χ2v) is 6.26. The molecule has 0 fully saturated rings. The van der Waals surface area contributed by atoms with Crippen molar-refractivity contribution in [1.29, 1.82) is 0 Å². The summed E-state index contributed by atoms with van der Waals surface area (Å²) in [6.07, 6.45) is -0.142. The van der Waals surface area contributed by atoms with Crippen molar-refractivity contribution in [3.63, 3.8) is 0 Å². The van der Waals surface area contributed by atoms with Crippen molar-refractivity contribution in [2.75, 3.05) is 18.8 Å². The van der Waals surface area contributed by atoms with E-state index in [1.807, 2.05) is 0 Å². The highest BCUT2D eigenvalue weighted by Gasteiger charge is 2.16. The Morgan fingerprint density at radius 3 is 2.63 bits per heavy atom. The van der Waals surface area contributed by atoms with E-state index >= 15 is 0 Å². The van der Waals surface area contributed by atoms with Crippen LogP contribution in [0.3, 0.4) is 0 Å². The highest BCUT2D eigenvalue weighted by molar-refractivity contribution is 7.90. The lowest BCUT2D eigenvalue weighted by Gasteiger charge is -2.06. The fourth-order valence-corrected chi connectivity index (χ4v) is 2.82. The largest absolute Gasteiger partial charge is 0.355 e. The van der Waals surface area contributed by atoms with E-state index in [-0.39, 0.29) is 23.6 Å². The number of sulfone groups is 1. The number of halogens is 1. The maximum Gasteiger partial charge on any atom is 0.221 e. The van der Waals surface area contributed by atoms with Crippen LogP contribution in [0.15, 0.2) is 24.3 Å². The van der Waals surface area contributed by atoms with E-state index < -0.39 is 21.4 Å². The second kappa shape index (κ2) is 7.20. The predicted octanol–water partition coefficient (Wildman–Crippen LogP) is 0.206. The van der Waals surface area contributed by atoms with Gasteiger partial charge in [-0.3, -0.25) is 4.79 Å². The number of amides is 1. The quantitative estimate of drug-likeness (QED) is 0.750. The number of rotatable bonds is 7. The third-order valence-electron chi connectivity index (χ3n) is 2.44. The Labute approximate surface area is 111 Å². The van der Waals surface area contributed by atoms with Crippen molar-refractivity contribution in [3.05, 3.63) is 35.6 Å². The average molecular weight is 288 g/mol. The van der Waals surface area contributed by atoms with Crippen molar-refractivity contribution < 1.29 is 17.6 Å². The molecule has 106 valence electrons. The van der Waals surface area contributed by atoms with E-state index in [1.165, 1.54) is 18.2 Å². The molecule has 0 aliphatic heterocycles. The highest BCUT2D eigenvalue weighted by Crippen LogP contribution is 2.11. The van der Waals surface area contributed by atoms with Crippen LogP contribution >= 0.6 is 0 Å². The Morgan fingerprint density at radius 1 is 1.32 bits per heavy atom. The number of benzene rings is 1. The lowest BCUT2D eigenvalue weighted by Crippen LogP contribution is -2.30.